The van der Waals surface area contributed by atoms with Crippen molar-refractivity contribution in [3.05, 3.63) is 53.4 Å². The number of halogens is 1. The molecule has 2 aliphatic heterocycles. The lowest BCUT2D eigenvalue weighted by Crippen LogP contribution is -2.43. The van der Waals surface area contributed by atoms with Crippen LogP contribution in [0, 0.1) is 11.3 Å². The molecule has 0 unspecified atom stereocenters. The summed E-state index contributed by atoms with van der Waals surface area (Å²) in [6, 6.07) is 11.5. The monoisotopic (exact) mass is 359 g/mol. The first-order valence-electron chi connectivity index (χ1n) is 7.60. The highest BCUT2D eigenvalue weighted by Gasteiger charge is 2.31. The molecule has 0 radical (unpaired) electrons. The van der Waals surface area contributed by atoms with Gasteiger partial charge in [-0.1, -0.05) is 24.3 Å². The van der Waals surface area contributed by atoms with Crippen LogP contribution in [-0.2, 0) is 4.74 Å². The van der Waals surface area contributed by atoms with Crippen LogP contribution in [0.25, 0.3) is 0 Å². The van der Waals surface area contributed by atoms with Crippen molar-refractivity contribution >= 4 is 29.9 Å². The second-order valence-corrected chi connectivity index (χ2v) is 5.26. The lowest BCUT2D eigenvalue weighted by Gasteiger charge is -2.32. The summed E-state index contributed by atoms with van der Waals surface area (Å²) < 4.78 is 5.03. The molecular weight excluding hydrogens is 342 g/mol. The third-order valence-electron chi connectivity index (χ3n) is 3.78. The van der Waals surface area contributed by atoms with Crippen LogP contribution in [0.3, 0.4) is 0 Å². The lowest BCUT2D eigenvalue weighted by molar-refractivity contribution is 0.116. The van der Waals surface area contributed by atoms with Crippen molar-refractivity contribution < 1.29 is 9.53 Å². The zero-order valence-electron chi connectivity index (χ0n) is 13.7. The Kier molecular flexibility index (Phi) is 5.67. The van der Waals surface area contributed by atoms with Gasteiger partial charge in [-0.3, -0.25) is 4.90 Å². The van der Waals surface area contributed by atoms with Crippen molar-refractivity contribution in [3.8, 4) is 6.07 Å². The van der Waals surface area contributed by atoms with E-state index in [1.165, 1.54) is 9.91 Å². The number of nitriles is 1. The predicted octanol–water partition coefficient (Wildman–Crippen LogP) is 2.38. The van der Waals surface area contributed by atoms with E-state index in [1.807, 2.05) is 30.3 Å². The summed E-state index contributed by atoms with van der Waals surface area (Å²) in [5.41, 5.74) is 8.56. The van der Waals surface area contributed by atoms with E-state index in [0.717, 1.165) is 5.69 Å². The van der Waals surface area contributed by atoms with E-state index in [0.29, 0.717) is 30.0 Å². The Morgan fingerprint density at radius 1 is 1.40 bits per heavy atom. The van der Waals surface area contributed by atoms with Gasteiger partial charge in [0.15, 0.2) is 0 Å². The number of hydrogen-bond acceptors (Lipinski definition) is 6. The first-order valence-corrected chi connectivity index (χ1v) is 7.60. The van der Waals surface area contributed by atoms with E-state index in [1.54, 1.807) is 13.0 Å². The summed E-state index contributed by atoms with van der Waals surface area (Å²) in [7, 11) is 0. The van der Waals surface area contributed by atoms with Crippen molar-refractivity contribution in [1.29, 1.82) is 5.26 Å². The van der Waals surface area contributed by atoms with Crippen LogP contribution < -0.4 is 10.7 Å². The van der Waals surface area contributed by atoms with Gasteiger partial charge in [-0.2, -0.15) is 10.4 Å². The van der Waals surface area contributed by atoms with Crippen LogP contribution in [0.1, 0.15) is 6.92 Å². The number of anilines is 1. The standard InChI is InChI=1S/C17H17N5O2.ClH/c1-2-24-17(23)21-9-8-13-14(10-18)16(19)22(20-15(13)11-21)12-6-4-3-5-7-12;/h3-8H,2,9,11,19H2,1H3;1H. The molecule has 0 bridgehead atoms. The number of fused-ring (bicyclic) bond motifs is 1. The summed E-state index contributed by atoms with van der Waals surface area (Å²) in [4.78, 5) is 13.5. The first-order chi connectivity index (χ1) is 11.7. The molecule has 0 aromatic heterocycles. The van der Waals surface area contributed by atoms with E-state index >= 15 is 0 Å². The fourth-order valence-corrected chi connectivity index (χ4v) is 2.64. The van der Waals surface area contributed by atoms with Gasteiger partial charge >= 0.3 is 6.09 Å². The molecule has 3 rings (SSSR count). The molecule has 1 aromatic rings. The van der Waals surface area contributed by atoms with E-state index in [2.05, 4.69) is 11.2 Å². The number of carbonyl (C=O) groups excluding carboxylic acids is 1. The number of para-hydroxylation sites is 1. The number of ether oxygens (including phenoxy) is 1. The van der Waals surface area contributed by atoms with Gasteiger partial charge in [0.05, 0.1) is 24.6 Å². The summed E-state index contributed by atoms with van der Waals surface area (Å²) in [6.07, 6.45) is 1.38. The van der Waals surface area contributed by atoms with Crippen molar-refractivity contribution in [3.63, 3.8) is 0 Å². The number of rotatable bonds is 2. The molecule has 130 valence electrons. The van der Waals surface area contributed by atoms with Gasteiger partial charge in [-0.25, -0.2) is 9.80 Å². The van der Waals surface area contributed by atoms with Crippen LogP contribution in [-0.4, -0.2) is 36.4 Å². The van der Waals surface area contributed by atoms with Crippen LogP contribution in [0.2, 0.25) is 0 Å². The summed E-state index contributed by atoms with van der Waals surface area (Å²) >= 11 is 0. The average Bonchev–Trinajstić information content (AvgIpc) is 2.62. The number of allylic oxidation sites excluding steroid dienone is 1. The second-order valence-electron chi connectivity index (χ2n) is 5.26. The third kappa shape index (κ3) is 3.44. The second kappa shape index (κ2) is 7.73. The highest BCUT2D eigenvalue weighted by atomic mass is 35.5. The number of carbonyl (C=O) groups is 1. The van der Waals surface area contributed by atoms with Gasteiger partial charge in [0.2, 0.25) is 0 Å². The zero-order valence-corrected chi connectivity index (χ0v) is 14.5. The van der Waals surface area contributed by atoms with Crippen LogP contribution in [0.4, 0.5) is 10.5 Å². The summed E-state index contributed by atoms with van der Waals surface area (Å²) in [5, 5.41) is 15.6. The van der Waals surface area contributed by atoms with Crippen LogP contribution in [0.15, 0.2) is 58.5 Å². The number of amides is 1. The minimum atomic E-state index is -0.400. The van der Waals surface area contributed by atoms with E-state index in [4.69, 9.17) is 10.5 Å². The average molecular weight is 360 g/mol. The fraction of sp³-hybridized carbons (Fsp3) is 0.235. The molecule has 1 amide bonds. The quantitative estimate of drug-likeness (QED) is 0.874. The molecule has 1 aromatic carbocycles. The largest absolute Gasteiger partial charge is 0.450 e. The smallest absolute Gasteiger partial charge is 0.410 e. The van der Waals surface area contributed by atoms with Gasteiger partial charge in [0, 0.05) is 12.1 Å². The normalized spacial score (nSPS) is 16.2. The minimum absolute atomic E-state index is 0. The maximum atomic E-state index is 11.9. The molecule has 2 aliphatic rings. The molecule has 0 saturated heterocycles. The zero-order chi connectivity index (χ0) is 17.1. The van der Waals surface area contributed by atoms with E-state index in [9.17, 15) is 10.1 Å². The predicted molar refractivity (Wildman–Crippen MR) is 97.1 cm³/mol. The molecule has 0 spiro atoms. The molecule has 0 atom stereocenters. The van der Waals surface area contributed by atoms with Crippen LogP contribution in [0.5, 0.6) is 0 Å². The molecule has 0 fully saturated rings. The Morgan fingerprint density at radius 3 is 2.76 bits per heavy atom. The van der Waals surface area contributed by atoms with Gasteiger partial charge < -0.3 is 10.5 Å². The van der Waals surface area contributed by atoms with E-state index < -0.39 is 6.09 Å². The highest BCUT2D eigenvalue weighted by molar-refractivity contribution is 6.09. The number of hydrogen-bond donors (Lipinski definition) is 1. The molecule has 7 nitrogen and oxygen atoms in total. The first kappa shape index (κ1) is 18.4. The Morgan fingerprint density at radius 2 is 2.12 bits per heavy atom. The molecule has 8 heteroatoms. The van der Waals surface area contributed by atoms with Gasteiger partial charge in [-0.05, 0) is 19.1 Å². The lowest BCUT2D eigenvalue weighted by atomic mass is 9.97. The Balaban J connectivity index is 0.00000225. The summed E-state index contributed by atoms with van der Waals surface area (Å²) in [6.45, 7) is 2.70. The van der Waals surface area contributed by atoms with Gasteiger partial charge in [0.25, 0.3) is 0 Å². The third-order valence-corrected chi connectivity index (χ3v) is 3.78. The maximum absolute atomic E-state index is 11.9. The molecule has 0 aliphatic carbocycles. The molecular formula is C17H18ClN5O2. The van der Waals surface area contributed by atoms with Crippen molar-refractivity contribution in [1.82, 2.24) is 4.90 Å². The maximum Gasteiger partial charge on any atom is 0.410 e. The van der Waals surface area contributed by atoms with Gasteiger partial charge in [-0.15, -0.1) is 12.4 Å². The molecule has 25 heavy (non-hydrogen) atoms. The van der Waals surface area contributed by atoms with E-state index in [-0.39, 0.29) is 24.8 Å². The van der Waals surface area contributed by atoms with Crippen molar-refractivity contribution in [2.24, 2.45) is 10.8 Å². The molecule has 2 N–H and O–H groups in total. The Bertz CT molecular complexity index is 795. The number of hydrazone groups is 1. The number of nitrogens with two attached hydrogens (primary N) is 1. The topological polar surface area (TPSA) is 94.9 Å². The fourth-order valence-electron chi connectivity index (χ4n) is 2.64. The van der Waals surface area contributed by atoms with Crippen LogP contribution >= 0.6 is 12.4 Å². The number of nitrogens with zero attached hydrogens (tertiary/aromatic N) is 4. The minimum Gasteiger partial charge on any atom is -0.450 e. The SMILES string of the molecule is CCOC(=O)N1CC=C2C(=NN(c3ccccc3)C(N)=C2C#N)C1.Cl. The molecule has 2 heterocycles. The number of benzene rings is 1. The van der Waals surface area contributed by atoms with Crippen molar-refractivity contribution in [2.45, 2.75) is 6.92 Å². The summed E-state index contributed by atoms with van der Waals surface area (Å²) in [5.74, 6) is 0.281. The molecule has 0 saturated carbocycles. The van der Waals surface area contributed by atoms with Gasteiger partial charge in [0.1, 0.15) is 17.5 Å². The Hall–Kier alpha value is -2.98. The highest BCUT2D eigenvalue weighted by Crippen LogP contribution is 2.29. The Labute approximate surface area is 152 Å². The van der Waals surface area contributed by atoms with Crippen molar-refractivity contribution in [2.75, 3.05) is 24.7 Å².